The summed E-state index contributed by atoms with van der Waals surface area (Å²) in [5.74, 6) is 1.32. The van der Waals surface area contributed by atoms with Gasteiger partial charge < -0.3 is 14.6 Å². The Balaban J connectivity index is 1.70. The minimum Gasteiger partial charge on any atom is -0.423 e. The number of hydroxylamine groups is 2. The van der Waals surface area contributed by atoms with Gasteiger partial charge in [-0.05, 0) is 32.4 Å². The summed E-state index contributed by atoms with van der Waals surface area (Å²) in [6.07, 6.45) is 1.02. The molecule has 0 aromatic carbocycles. The highest BCUT2D eigenvalue weighted by molar-refractivity contribution is 7.80. The molecule has 1 aromatic heterocycles. The molecule has 0 aliphatic carbocycles. The van der Waals surface area contributed by atoms with Gasteiger partial charge >= 0.3 is 16.4 Å². The van der Waals surface area contributed by atoms with E-state index in [4.69, 9.17) is 8.97 Å². The zero-order chi connectivity index (χ0) is 17.3. The van der Waals surface area contributed by atoms with E-state index < -0.39 is 22.5 Å². The summed E-state index contributed by atoms with van der Waals surface area (Å²) in [6, 6.07) is -1.14. The van der Waals surface area contributed by atoms with Crippen LogP contribution in [0, 0.1) is 5.92 Å². The van der Waals surface area contributed by atoms with Gasteiger partial charge in [0.25, 0.3) is 0 Å². The average molecular weight is 361 g/mol. The second-order valence-corrected chi connectivity index (χ2v) is 6.74. The summed E-state index contributed by atoms with van der Waals surface area (Å²) in [5, 5.41) is 11.8. The predicted octanol–water partition coefficient (Wildman–Crippen LogP) is -0.245. The molecule has 2 fully saturated rings. The van der Waals surface area contributed by atoms with E-state index in [1.807, 2.05) is 0 Å². The molecule has 1 unspecified atom stereocenters. The molecule has 24 heavy (non-hydrogen) atoms. The lowest BCUT2D eigenvalue weighted by molar-refractivity contribution is -0.0615. The van der Waals surface area contributed by atoms with Crippen LogP contribution in [-0.4, -0.2) is 65.3 Å². The van der Waals surface area contributed by atoms with Gasteiger partial charge in [-0.15, -0.1) is 14.5 Å². The fraction of sp³-hybridized carbons (Fsp3) is 0.750. The van der Waals surface area contributed by atoms with Crippen LogP contribution in [0.4, 0.5) is 4.79 Å². The van der Waals surface area contributed by atoms with Crippen molar-refractivity contribution >= 4 is 16.4 Å². The highest BCUT2D eigenvalue weighted by Gasteiger charge is 2.38. The van der Waals surface area contributed by atoms with E-state index in [9.17, 15) is 13.2 Å². The van der Waals surface area contributed by atoms with Gasteiger partial charge in [0, 0.05) is 13.0 Å². The molecule has 134 valence electrons. The fourth-order valence-electron chi connectivity index (χ4n) is 2.79. The van der Waals surface area contributed by atoms with E-state index in [0.717, 1.165) is 13.1 Å². The number of hydrogen-bond acceptors (Lipinski definition) is 8. The summed E-state index contributed by atoms with van der Waals surface area (Å²) >= 11 is 0. The molecule has 1 atom stereocenters. The molecule has 2 N–H and O–H groups in total. The van der Waals surface area contributed by atoms with E-state index in [2.05, 4.69) is 19.8 Å². The molecule has 3 rings (SSSR count). The molecule has 2 amide bonds. The summed E-state index contributed by atoms with van der Waals surface area (Å²) in [4.78, 5) is 13.7. The van der Waals surface area contributed by atoms with Crippen molar-refractivity contribution < 1.29 is 26.5 Å². The fourth-order valence-corrected chi connectivity index (χ4v) is 3.15. The molecule has 2 saturated heterocycles. The van der Waals surface area contributed by atoms with E-state index in [1.54, 1.807) is 6.92 Å². The molecule has 2 aliphatic heterocycles. The maximum atomic E-state index is 12.3. The molecule has 0 bridgehead atoms. The van der Waals surface area contributed by atoms with Crippen molar-refractivity contribution in [1.82, 2.24) is 25.5 Å². The first-order chi connectivity index (χ1) is 11.4. The molecule has 0 saturated carbocycles. The van der Waals surface area contributed by atoms with Crippen molar-refractivity contribution in [1.29, 1.82) is 0 Å². The van der Waals surface area contributed by atoms with Crippen molar-refractivity contribution in [3.8, 4) is 0 Å². The SMILES string of the molecule is CCN1C(=O)N(OS(=O)(=O)O)CCC1c1nnc(CC2CNC2)o1. The molecule has 0 spiro atoms. The Bertz CT molecular complexity index is 703. The number of aromatic nitrogens is 2. The van der Waals surface area contributed by atoms with Crippen molar-refractivity contribution in [3.05, 3.63) is 11.8 Å². The van der Waals surface area contributed by atoms with Gasteiger partial charge in [-0.25, -0.2) is 4.79 Å². The van der Waals surface area contributed by atoms with Crippen LogP contribution in [0.2, 0.25) is 0 Å². The summed E-state index contributed by atoms with van der Waals surface area (Å²) in [7, 11) is -4.76. The van der Waals surface area contributed by atoms with Crippen LogP contribution in [0.5, 0.6) is 0 Å². The van der Waals surface area contributed by atoms with Gasteiger partial charge in [0.05, 0.1) is 6.54 Å². The van der Waals surface area contributed by atoms with Crippen molar-refractivity contribution in [2.75, 3.05) is 26.2 Å². The Morgan fingerprint density at radius 3 is 2.75 bits per heavy atom. The molecule has 2 aliphatic rings. The zero-order valence-corrected chi connectivity index (χ0v) is 13.9. The van der Waals surface area contributed by atoms with Crippen LogP contribution in [0.25, 0.3) is 0 Å². The molecule has 12 heteroatoms. The lowest BCUT2D eigenvalue weighted by atomic mass is 10.00. The topological polar surface area (TPSA) is 138 Å². The summed E-state index contributed by atoms with van der Waals surface area (Å²) < 4.78 is 40.3. The quantitative estimate of drug-likeness (QED) is 0.657. The lowest BCUT2D eigenvalue weighted by Crippen LogP contribution is -2.51. The van der Waals surface area contributed by atoms with Crippen molar-refractivity contribution in [3.63, 3.8) is 0 Å². The standard InChI is InChI=1S/C12H19N5O6S/c1-2-16-9(3-4-17(12(16)18)23-24(19,20)21)11-15-14-10(22-11)5-8-6-13-7-8/h8-9,13H,2-7H2,1H3,(H,19,20,21). The molecular weight excluding hydrogens is 342 g/mol. The molecule has 3 heterocycles. The maximum absolute atomic E-state index is 12.3. The second kappa shape index (κ2) is 6.63. The highest BCUT2D eigenvalue weighted by atomic mass is 32.3. The molecule has 0 radical (unpaired) electrons. The third-order valence-electron chi connectivity index (χ3n) is 4.06. The number of urea groups is 1. The Labute approximate surface area is 138 Å². The smallest absolute Gasteiger partial charge is 0.418 e. The van der Waals surface area contributed by atoms with E-state index in [1.165, 1.54) is 4.90 Å². The third-order valence-corrected chi connectivity index (χ3v) is 4.43. The van der Waals surface area contributed by atoms with Gasteiger partial charge in [0.2, 0.25) is 11.8 Å². The number of hydrogen-bond donors (Lipinski definition) is 2. The van der Waals surface area contributed by atoms with Gasteiger partial charge in [0.15, 0.2) is 0 Å². The van der Waals surface area contributed by atoms with Gasteiger partial charge in [-0.3, -0.25) is 4.55 Å². The summed E-state index contributed by atoms with van der Waals surface area (Å²) in [6.45, 7) is 3.84. The molecule has 11 nitrogen and oxygen atoms in total. The molecular formula is C12H19N5O6S. The maximum Gasteiger partial charge on any atom is 0.418 e. The van der Waals surface area contributed by atoms with Crippen LogP contribution in [0.15, 0.2) is 4.42 Å². The lowest BCUT2D eigenvalue weighted by Gasteiger charge is -2.37. The largest absolute Gasteiger partial charge is 0.423 e. The number of nitrogens with zero attached hydrogens (tertiary/aromatic N) is 4. The minimum absolute atomic E-state index is 0.0238. The third kappa shape index (κ3) is 3.66. The van der Waals surface area contributed by atoms with Crippen LogP contribution in [0.3, 0.4) is 0 Å². The Morgan fingerprint density at radius 2 is 2.17 bits per heavy atom. The van der Waals surface area contributed by atoms with Crippen LogP contribution in [0.1, 0.15) is 31.2 Å². The Hall–Kier alpha value is -1.76. The normalized spacial score (nSPS) is 22.8. The highest BCUT2D eigenvalue weighted by Crippen LogP contribution is 2.29. The number of amides is 2. The second-order valence-electron chi connectivity index (χ2n) is 5.74. The molecule has 1 aromatic rings. The van der Waals surface area contributed by atoms with Crippen LogP contribution in [-0.2, 0) is 21.1 Å². The predicted molar refractivity (Wildman–Crippen MR) is 78.8 cm³/mol. The monoisotopic (exact) mass is 361 g/mol. The van der Waals surface area contributed by atoms with Gasteiger partial charge in [-0.2, -0.15) is 13.5 Å². The average Bonchev–Trinajstić information content (AvgIpc) is 2.92. The zero-order valence-electron chi connectivity index (χ0n) is 13.1. The first kappa shape index (κ1) is 17.1. The van der Waals surface area contributed by atoms with Crippen LogP contribution < -0.4 is 5.32 Å². The number of carbonyl (C=O) groups is 1. The first-order valence-corrected chi connectivity index (χ1v) is 9.02. The Kier molecular flexibility index (Phi) is 4.71. The van der Waals surface area contributed by atoms with Gasteiger partial charge in [0.1, 0.15) is 6.04 Å². The van der Waals surface area contributed by atoms with E-state index in [-0.39, 0.29) is 6.54 Å². The number of nitrogens with one attached hydrogen (secondary N) is 1. The van der Waals surface area contributed by atoms with E-state index in [0.29, 0.717) is 42.1 Å². The number of rotatable bonds is 6. The van der Waals surface area contributed by atoms with Crippen molar-refractivity contribution in [2.24, 2.45) is 5.92 Å². The summed E-state index contributed by atoms with van der Waals surface area (Å²) in [5.41, 5.74) is 0. The van der Waals surface area contributed by atoms with E-state index >= 15 is 0 Å². The van der Waals surface area contributed by atoms with Crippen molar-refractivity contribution in [2.45, 2.75) is 25.8 Å². The Morgan fingerprint density at radius 1 is 1.42 bits per heavy atom. The van der Waals surface area contributed by atoms with Crippen LogP contribution >= 0.6 is 0 Å². The number of carbonyl (C=O) groups excluding carboxylic acids is 1. The van der Waals surface area contributed by atoms with Gasteiger partial charge in [-0.1, -0.05) is 0 Å². The first-order valence-electron chi connectivity index (χ1n) is 7.65. The minimum atomic E-state index is -4.76.